The predicted molar refractivity (Wildman–Crippen MR) is 94.1 cm³/mol. The average Bonchev–Trinajstić information content (AvgIpc) is 2.97. The lowest BCUT2D eigenvalue weighted by molar-refractivity contribution is -0.139. The molecule has 0 N–H and O–H groups in total. The molecule has 0 radical (unpaired) electrons. The van der Waals surface area contributed by atoms with Gasteiger partial charge in [0.1, 0.15) is 0 Å². The number of furan rings is 1. The molecule has 0 spiro atoms. The summed E-state index contributed by atoms with van der Waals surface area (Å²) in [6.45, 7) is 3.09. The summed E-state index contributed by atoms with van der Waals surface area (Å²) in [7, 11) is 0. The lowest BCUT2D eigenvalue weighted by Crippen LogP contribution is -2.40. The molecule has 132 valence electrons. The lowest BCUT2D eigenvalue weighted by Gasteiger charge is -2.23. The van der Waals surface area contributed by atoms with Crippen molar-refractivity contribution in [3.63, 3.8) is 0 Å². The van der Waals surface area contributed by atoms with Crippen LogP contribution in [0, 0.1) is 0 Å². The van der Waals surface area contributed by atoms with Crippen molar-refractivity contribution < 1.29 is 18.7 Å². The number of likely N-dealkylation sites (tertiary alicyclic amines) is 1. The molecule has 0 saturated carbocycles. The first kappa shape index (κ1) is 17.3. The van der Waals surface area contributed by atoms with Crippen LogP contribution in [0.1, 0.15) is 43.2 Å². The van der Waals surface area contributed by atoms with Crippen molar-refractivity contribution >= 4 is 11.9 Å². The first-order chi connectivity index (χ1) is 12.2. The molecule has 1 atom stereocenters. The zero-order chi connectivity index (χ0) is 17.6. The molecular weight excluding hydrogens is 318 g/mol. The molecule has 1 aromatic carbocycles. The van der Waals surface area contributed by atoms with E-state index in [0.717, 1.165) is 44.3 Å². The summed E-state index contributed by atoms with van der Waals surface area (Å²) in [5.74, 6) is -0.621. The van der Waals surface area contributed by atoms with E-state index in [0.29, 0.717) is 5.56 Å². The molecule has 1 fully saturated rings. The second-order valence-electron chi connectivity index (χ2n) is 6.32. The third-order valence-electron chi connectivity index (χ3n) is 4.48. The van der Waals surface area contributed by atoms with Gasteiger partial charge in [-0.15, -0.1) is 0 Å². The van der Waals surface area contributed by atoms with Gasteiger partial charge in [0.15, 0.2) is 6.10 Å². The number of carbonyl (C=O) groups is 2. The summed E-state index contributed by atoms with van der Waals surface area (Å²) in [4.78, 5) is 26.8. The first-order valence-corrected chi connectivity index (χ1v) is 8.79. The van der Waals surface area contributed by atoms with Crippen molar-refractivity contribution in [2.75, 3.05) is 13.1 Å². The van der Waals surface area contributed by atoms with Crippen LogP contribution in [0.15, 0.2) is 47.1 Å². The monoisotopic (exact) mass is 341 g/mol. The summed E-state index contributed by atoms with van der Waals surface area (Å²) in [5, 5.41) is 0. The number of hydrogen-bond acceptors (Lipinski definition) is 4. The van der Waals surface area contributed by atoms with Crippen LogP contribution < -0.4 is 0 Å². The molecule has 5 nitrogen and oxygen atoms in total. The highest BCUT2D eigenvalue weighted by Crippen LogP contribution is 2.25. The summed E-state index contributed by atoms with van der Waals surface area (Å²) in [6.07, 6.45) is 4.93. The number of amides is 1. The van der Waals surface area contributed by atoms with Crippen molar-refractivity contribution in [3.8, 4) is 11.1 Å². The molecule has 1 saturated heterocycles. The molecule has 25 heavy (non-hydrogen) atoms. The third-order valence-corrected chi connectivity index (χ3v) is 4.48. The summed E-state index contributed by atoms with van der Waals surface area (Å²) in [5.41, 5.74) is 1.54. The fraction of sp³-hybridized carbons (Fsp3) is 0.400. The highest BCUT2D eigenvalue weighted by molar-refractivity contribution is 5.96. The van der Waals surface area contributed by atoms with Gasteiger partial charge in [0, 0.05) is 18.7 Å². The smallest absolute Gasteiger partial charge is 0.375 e. The van der Waals surface area contributed by atoms with Gasteiger partial charge in [-0.1, -0.05) is 43.2 Å². The Labute approximate surface area is 147 Å². The second-order valence-corrected chi connectivity index (χ2v) is 6.32. The minimum absolute atomic E-state index is 0.127. The summed E-state index contributed by atoms with van der Waals surface area (Å²) in [6, 6.07) is 11.2. The van der Waals surface area contributed by atoms with Gasteiger partial charge >= 0.3 is 5.97 Å². The number of rotatable bonds is 4. The topological polar surface area (TPSA) is 59.8 Å². The van der Waals surface area contributed by atoms with Crippen molar-refractivity contribution in [1.82, 2.24) is 4.90 Å². The molecule has 0 unspecified atom stereocenters. The maximum absolute atomic E-state index is 12.5. The lowest BCUT2D eigenvalue weighted by atomic mass is 10.1. The number of esters is 1. The van der Waals surface area contributed by atoms with E-state index < -0.39 is 12.1 Å². The van der Waals surface area contributed by atoms with Gasteiger partial charge in [-0.3, -0.25) is 4.79 Å². The van der Waals surface area contributed by atoms with Crippen LogP contribution >= 0.6 is 0 Å². The Bertz CT molecular complexity index is 714. The van der Waals surface area contributed by atoms with E-state index in [9.17, 15) is 9.59 Å². The van der Waals surface area contributed by atoms with Crippen molar-refractivity contribution in [1.29, 1.82) is 0 Å². The average molecular weight is 341 g/mol. The van der Waals surface area contributed by atoms with E-state index in [1.54, 1.807) is 17.9 Å². The molecule has 1 aliphatic rings. The van der Waals surface area contributed by atoms with E-state index in [1.165, 1.54) is 6.26 Å². The van der Waals surface area contributed by atoms with Crippen LogP contribution in [0.25, 0.3) is 11.1 Å². The van der Waals surface area contributed by atoms with Gasteiger partial charge < -0.3 is 14.1 Å². The van der Waals surface area contributed by atoms with Crippen LogP contribution in [0.4, 0.5) is 0 Å². The Balaban J connectivity index is 1.68. The molecule has 0 aliphatic carbocycles. The maximum Gasteiger partial charge on any atom is 0.375 e. The molecule has 2 aromatic rings. The van der Waals surface area contributed by atoms with Crippen molar-refractivity contribution in [2.45, 2.75) is 38.7 Å². The number of benzene rings is 1. The minimum Gasteiger partial charge on any atom is -0.457 e. The van der Waals surface area contributed by atoms with Gasteiger partial charge in [0.05, 0.1) is 6.26 Å². The number of ether oxygens (including phenoxy) is 1. The highest BCUT2D eigenvalue weighted by atomic mass is 16.6. The van der Waals surface area contributed by atoms with Crippen LogP contribution in [-0.4, -0.2) is 36.0 Å². The van der Waals surface area contributed by atoms with Crippen LogP contribution in [0.2, 0.25) is 0 Å². The third kappa shape index (κ3) is 4.10. The standard InChI is InChI=1S/C20H23NO4/c1-15(19(22)21-12-7-2-3-8-13-21)25-20(23)18-17(11-14-24-18)16-9-5-4-6-10-16/h4-6,9-11,14-15H,2-3,7-8,12-13H2,1H3/t15-/m1/s1. The second kappa shape index (κ2) is 8.01. The molecule has 5 heteroatoms. The molecule has 0 bridgehead atoms. The van der Waals surface area contributed by atoms with Crippen molar-refractivity contribution in [3.05, 3.63) is 48.4 Å². The van der Waals surface area contributed by atoms with Gasteiger partial charge in [-0.25, -0.2) is 4.79 Å². The van der Waals surface area contributed by atoms with Crippen LogP contribution in [-0.2, 0) is 9.53 Å². The summed E-state index contributed by atoms with van der Waals surface area (Å²) < 4.78 is 10.7. The van der Waals surface area contributed by atoms with Gasteiger partial charge in [0.25, 0.3) is 5.91 Å². The number of nitrogens with zero attached hydrogens (tertiary/aromatic N) is 1. The quantitative estimate of drug-likeness (QED) is 0.792. The Hall–Kier alpha value is -2.56. The van der Waals surface area contributed by atoms with E-state index >= 15 is 0 Å². The molecule has 1 aromatic heterocycles. The van der Waals surface area contributed by atoms with Gasteiger partial charge in [-0.2, -0.15) is 0 Å². The first-order valence-electron chi connectivity index (χ1n) is 8.79. The Kier molecular flexibility index (Phi) is 5.53. The highest BCUT2D eigenvalue weighted by Gasteiger charge is 2.27. The summed E-state index contributed by atoms with van der Waals surface area (Å²) >= 11 is 0. The fourth-order valence-electron chi connectivity index (χ4n) is 3.13. The van der Waals surface area contributed by atoms with E-state index in [-0.39, 0.29) is 11.7 Å². The largest absolute Gasteiger partial charge is 0.457 e. The molecule has 1 amide bonds. The predicted octanol–water partition coefficient (Wildman–Crippen LogP) is 3.89. The normalized spacial score (nSPS) is 16.1. The Morgan fingerprint density at radius 1 is 1.04 bits per heavy atom. The number of carbonyl (C=O) groups excluding carboxylic acids is 2. The molecular formula is C20H23NO4. The Morgan fingerprint density at radius 3 is 2.40 bits per heavy atom. The van der Waals surface area contributed by atoms with Crippen LogP contribution in [0.3, 0.4) is 0 Å². The van der Waals surface area contributed by atoms with Gasteiger partial charge in [-0.05, 0) is 31.4 Å². The fourth-order valence-corrected chi connectivity index (χ4v) is 3.13. The Morgan fingerprint density at radius 2 is 1.72 bits per heavy atom. The van der Waals surface area contributed by atoms with Crippen LogP contribution in [0.5, 0.6) is 0 Å². The van der Waals surface area contributed by atoms with Crippen molar-refractivity contribution in [2.24, 2.45) is 0 Å². The minimum atomic E-state index is -0.820. The maximum atomic E-state index is 12.5. The van der Waals surface area contributed by atoms with E-state index in [4.69, 9.17) is 9.15 Å². The molecule has 2 heterocycles. The zero-order valence-corrected chi connectivity index (χ0v) is 14.4. The van der Waals surface area contributed by atoms with E-state index in [2.05, 4.69) is 0 Å². The number of hydrogen-bond donors (Lipinski definition) is 0. The SMILES string of the molecule is C[C@@H](OC(=O)c1occc1-c1ccccc1)C(=O)N1CCCCCC1. The molecule has 1 aliphatic heterocycles. The van der Waals surface area contributed by atoms with Gasteiger partial charge in [0.2, 0.25) is 5.76 Å². The zero-order valence-electron chi connectivity index (χ0n) is 14.4. The molecule has 3 rings (SSSR count). The van der Waals surface area contributed by atoms with E-state index in [1.807, 2.05) is 30.3 Å².